The molecule has 0 bridgehead atoms. The minimum atomic E-state index is -0.119. The zero-order valence-electron chi connectivity index (χ0n) is 18.2. The molecule has 0 spiro atoms. The van der Waals surface area contributed by atoms with Crippen molar-refractivity contribution in [2.24, 2.45) is 10.9 Å². The zero-order valence-corrected chi connectivity index (χ0v) is 18.2. The number of likely N-dealkylation sites (tertiary alicyclic amines) is 1. The molecule has 1 aliphatic rings. The monoisotopic (exact) mass is 404 g/mol. The second-order valence-corrected chi connectivity index (χ2v) is 8.07. The van der Waals surface area contributed by atoms with Gasteiger partial charge >= 0.3 is 0 Å². The molecule has 0 radical (unpaired) electrons. The molecule has 6 nitrogen and oxygen atoms in total. The standard InChI is InChI=1S/C23H40N4O2/c1-3-5-19(12-15-28)16-25-23(24-4-2)26-17-20-6-8-21(9-7-20)18-27-13-10-22(29)11-14-27/h6-9,19,22,28-29H,3-5,10-18H2,1-2H3,(H2,24,25,26). The van der Waals surface area contributed by atoms with E-state index in [0.29, 0.717) is 12.5 Å². The van der Waals surface area contributed by atoms with Crippen LogP contribution in [-0.4, -0.2) is 60.0 Å². The van der Waals surface area contributed by atoms with Crippen LogP contribution in [0.4, 0.5) is 0 Å². The molecule has 4 N–H and O–H groups in total. The Hall–Kier alpha value is -1.63. The number of aliphatic imine (C=N–C) groups is 1. The number of guanidine groups is 1. The van der Waals surface area contributed by atoms with Crippen LogP contribution in [0.5, 0.6) is 0 Å². The highest BCUT2D eigenvalue weighted by atomic mass is 16.3. The van der Waals surface area contributed by atoms with Crippen LogP contribution in [-0.2, 0) is 13.1 Å². The van der Waals surface area contributed by atoms with Crippen LogP contribution in [0.3, 0.4) is 0 Å². The van der Waals surface area contributed by atoms with Crippen molar-refractivity contribution in [2.45, 2.75) is 65.1 Å². The van der Waals surface area contributed by atoms with E-state index in [4.69, 9.17) is 4.99 Å². The van der Waals surface area contributed by atoms with Crippen molar-refractivity contribution in [3.05, 3.63) is 35.4 Å². The van der Waals surface area contributed by atoms with Crippen molar-refractivity contribution >= 4 is 5.96 Å². The van der Waals surface area contributed by atoms with Crippen molar-refractivity contribution < 1.29 is 10.2 Å². The molecule has 0 saturated carbocycles. The van der Waals surface area contributed by atoms with Crippen LogP contribution < -0.4 is 10.6 Å². The zero-order chi connectivity index (χ0) is 20.9. The van der Waals surface area contributed by atoms with E-state index < -0.39 is 0 Å². The third kappa shape index (κ3) is 9.15. The van der Waals surface area contributed by atoms with Gasteiger partial charge in [-0.3, -0.25) is 4.90 Å². The van der Waals surface area contributed by atoms with E-state index in [0.717, 1.165) is 70.8 Å². The molecule has 0 aromatic heterocycles. The third-order valence-electron chi connectivity index (χ3n) is 5.54. The molecule has 1 aliphatic heterocycles. The first-order chi connectivity index (χ1) is 14.1. The van der Waals surface area contributed by atoms with Gasteiger partial charge < -0.3 is 20.8 Å². The molecule has 1 aromatic rings. The second kappa shape index (κ2) is 13.6. The lowest BCUT2D eigenvalue weighted by Gasteiger charge is -2.29. The summed E-state index contributed by atoms with van der Waals surface area (Å²) in [6.45, 7) is 9.70. The van der Waals surface area contributed by atoms with Crippen molar-refractivity contribution in [1.29, 1.82) is 0 Å². The van der Waals surface area contributed by atoms with E-state index in [1.54, 1.807) is 0 Å². The Morgan fingerprint density at radius 2 is 1.79 bits per heavy atom. The average Bonchev–Trinajstić information content (AvgIpc) is 2.73. The van der Waals surface area contributed by atoms with E-state index in [9.17, 15) is 10.2 Å². The Morgan fingerprint density at radius 1 is 1.10 bits per heavy atom. The van der Waals surface area contributed by atoms with Gasteiger partial charge in [-0.1, -0.05) is 37.6 Å². The molecule has 1 unspecified atom stereocenters. The maximum atomic E-state index is 9.63. The Balaban J connectivity index is 1.84. The van der Waals surface area contributed by atoms with Gasteiger partial charge in [0.15, 0.2) is 5.96 Å². The molecule has 164 valence electrons. The van der Waals surface area contributed by atoms with Gasteiger partial charge in [0.1, 0.15) is 0 Å². The number of benzene rings is 1. The number of aliphatic hydroxyl groups excluding tert-OH is 2. The lowest BCUT2D eigenvalue weighted by atomic mass is 10.0. The Kier molecular flexibility index (Phi) is 11.1. The predicted octanol–water partition coefficient (Wildman–Crippen LogP) is 2.50. The van der Waals surface area contributed by atoms with Crippen LogP contribution in [0.25, 0.3) is 0 Å². The van der Waals surface area contributed by atoms with E-state index >= 15 is 0 Å². The number of nitrogens with one attached hydrogen (secondary N) is 2. The summed E-state index contributed by atoms with van der Waals surface area (Å²) >= 11 is 0. The third-order valence-corrected chi connectivity index (χ3v) is 5.54. The molecule has 1 fully saturated rings. The summed E-state index contributed by atoms with van der Waals surface area (Å²) in [7, 11) is 0. The number of piperidine rings is 1. The first kappa shape index (κ1) is 23.6. The van der Waals surface area contributed by atoms with Crippen molar-refractivity contribution in [1.82, 2.24) is 15.5 Å². The second-order valence-electron chi connectivity index (χ2n) is 8.07. The smallest absolute Gasteiger partial charge is 0.191 e. The van der Waals surface area contributed by atoms with Gasteiger partial charge in [-0.2, -0.15) is 0 Å². The van der Waals surface area contributed by atoms with Gasteiger partial charge in [0.2, 0.25) is 0 Å². The van der Waals surface area contributed by atoms with Crippen molar-refractivity contribution in [2.75, 3.05) is 32.8 Å². The van der Waals surface area contributed by atoms with Crippen molar-refractivity contribution in [3.63, 3.8) is 0 Å². The molecule has 2 rings (SSSR count). The van der Waals surface area contributed by atoms with E-state index in [1.165, 1.54) is 11.1 Å². The van der Waals surface area contributed by atoms with E-state index in [-0.39, 0.29) is 12.7 Å². The maximum Gasteiger partial charge on any atom is 0.191 e. The molecule has 0 amide bonds. The number of hydrogen-bond acceptors (Lipinski definition) is 4. The van der Waals surface area contributed by atoms with Crippen LogP contribution >= 0.6 is 0 Å². The average molecular weight is 405 g/mol. The number of rotatable bonds is 11. The lowest BCUT2D eigenvalue weighted by Crippen LogP contribution is -2.40. The molecular weight excluding hydrogens is 364 g/mol. The van der Waals surface area contributed by atoms with Crippen molar-refractivity contribution in [3.8, 4) is 0 Å². The molecule has 1 saturated heterocycles. The Morgan fingerprint density at radius 3 is 2.41 bits per heavy atom. The number of aliphatic hydroxyl groups is 2. The van der Waals surface area contributed by atoms with Crippen LogP contribution in [0, 0.1) is 5.92 Å². The molecule has 1 heterocycles. The summed E-state index contributed by atoms with van der Waals surface area (Å²) in [5, 5.41) is 25.6. The lowest BCUT2D eigenvalue weighted by molar-refractivity contribution is 0.0792. The SMILES string of the molecule is CCCC(CCO)CNC(=NCc1ccc(CN2CCC(O)CC2)cc1)NCC. The Labute approximate surface area is 176 Å². The fourth-order valence-electron chi connectivity index (χ4n) is 3.78. The molecular formula is C23H40N4O2. The summed E-state index contributed by atoms with van der Waals surface area (Å²) < 4.78 is 0. The summed E-state index contributed by atoms with van der Waals surface area (Å²) in [4.78, 5) is 7.13. The highest BCUT2D eigenvalue weighted by molar-refractivity contribution is 5.79. The van der Waals surface area contributed by atoms with Gasteiger partial charge in [-0.05, 0) is 49.7 Å². The fraction of sp³-hybridized carbons (Fsp3) is 0.696. The minimum Gasteiger partial charge on any atom is -0.396 e. The Bertz CT molecular complexity index is 577. The minimum absolute atomic E-state index is 0.119. The quantitative estimate of drug-likeness (QED) is 0.337. The number of nitrogens with zero attached hydrogens (tertiary/aromatic N) is 2. The molecule has 6 heteroatoms. The normalized spacial score (nSPS) is 17.3. The summed E-state index contributed by atoms with van der Waals surface area (Å²) in [5.41, 5.74) is 2.51. The molecule has 29 heavy (non-hydrogen) atoms. The largest absolute Gasteiger partial charge is 0.396 e. The summed E-state index contributed by atoms with van der Waals surface area (Å²) in [5.74, 6) is 1.31. The van der Waals surface area contributed by atoms with Crippen LogP contribution in [0.15, 0.2) is 29.3 Å². The highest BCUT2D eigenvalue weighted by Crippen LogP contribution is 2.14. The highest BCUT2D eigenvalue weighted by Gasteiger charge is 2.16. The van der Waals surface area contributed by atoms with E-state index in [1.807, 2.05) is 0 Å². The predicted molar refractivity (Wildman–Crippen MR) is 120 cm³/mol. The van der Waals surface area contributed by atoms with Gasteiger partial charge in [0.25, 0.3) is 0 Å². The summed E-state index contributed by atoms with van der Waals surface area (Å²) in [6.07, 6.45) is 4.72. The first-order valence-corrected chi connectivity index (χ1v) is 11.3. The van der Waals surface area contributed by atoms with Gasteiger partial charge in [-0.15, -0.1) is 0 Å². The van der Waals surface area contributed by atoms with Gasteiger partial charge in [0.05, 0.1) is 12.6 Å². The van der Waals surface area contributed by atoms with Gasteiger partial charge in [-0.25, -0.2) is 4.99 Å². The molecule has 1 aromatic carbocycles. The van der Waals surface area contributed by atoms with Gasteiger partial charge in [0, 0.05) is 39.3 Å². The topological polar surface area (TPSA) is 80.1 Å². The fourth-order valence-corrected chi connectivity index (χ4v) is 3.78. The summed E-state index contributed by atoms with van der Waals surface area (Å²) in [6, 6.07) is 8.70. The first-order valence-electron chi connectivity index (χ1n) is 11.3. The van der Waals surface area contributed by atoms with Crippen LogP contribution in [0.2, 0.25) is 0 Å². The van der Waals surface area contributed by atoms with Crippen LogP contribution in [0.1, 0.15) is 57.1 Å². The molecule has 0 aliphatic carbocycles. The maximum absolute atomic E-state index is 9.63. The van der Waals surface area contributed by atoms with E-state index in [2.05, 4.69) is 53.6 Å². The number of hydrogen-bond donors (Lipinski definition) is 4. The molecule has 1 atom stereocenters.